The highest BCUT2D eigenvalue weighted by molar-refractivity contribution is 5.95. The van der Waals surface area contributed by atoms with E-state index in [2.05, 4.69) is 12.2 Å². The molecule has 4 heteroatoms. The van der Waals surface area contributed by atoms with Gasteiger partial charge in [-0.3, -0.25) is 4.79 Å². The van der Waals surface area contributed by atoms with Gasteiger partial charge in [-0.25, -0.2) is 0 Å². The highest BCUT2D eigenvalue weighted by atomic mass is 16.5. The summed E-state index contributed by atoms with van der Waals surface area (Å²) in [6.45, 7) is 2.24. The number of benzene rings is 1. The van der Waals surface area contributed by atoms with Crippen molar-refractivity contribution in [2.24, 2.45) is 5.92 Å². The quantitative estimate of drug-likeness (QED) is 0.817. The molecule has 4 nitrogen and oxygen atoms in total. The third kappa shape index (κ3) is 4.38. The van der Waals surface area contributed by atoms with Gasteiger partial charge in [-0.2, -0.15) is 0 Å². The number of anilines is 1. The van der Waals surface area contributed by atoms with Crippen LogP contribution in [0, 0.1) is 5.92 Å². The number of carbonyl (C=O) groups is 1. The second-order valence-corrected chi connectivity index (χ2v) is 5.97. The molecule has 21 heavy (non-hydrogen) atoms. The highest BCUT2D eigenvalue weighted by Gasteiger charge is 2.22. The lowest BCUT2D eigenvalue weighted by Crippen LogP contribution is -2.37. The maximum absolute atomic E-state index is 12.3. The molecule has 1 aromatic rings. The number of nitrogens with two attached hydrogens (primary N) is 1. The van der Waals surface area contributed by atoms with Crippen LogP contribution >= 0.6 is 0 Å². The smallest absolute Gasteiger partial charge is 0.251 e. The molecule has 1 fully saturated rings. The van der Waals surface area contributed by atoms with Crippen LogP contribution in [0.2, 0.25) is 0 Å². The normalized spacial score (nSPS) is 21.8. The molecule has 0 heterocycles. The minimum atomic E-state index is -0.0560. The summed E-state index contributed by atoms with van der Waals surface area (Å²) in [6.07, 6.45) is 7.17. The monoisotopic (exact) mass is 290 g/mol. The number of amides is 1. The number of ether oxygens (including phenoxy) is 1. The first-order chi connectivity index (χ1) is 10.1. The van der Waals surface area contributed by atoms with Crippen LogP contribution < -0.4 is 15.8 Å². The Labute approximate surface area is 127 Å². The van der Waals surface area contributed by atoms with Crippen molar-refractivity contribution in [1.29, 1.82) is 0 Å². The Bertz CT molecular complexity index is 480. The average molecular weight is 290 g/mol. The molecule has 0 aliphatic heterocycles. The second-order valence-electron chi connectivity index (χ2n) is 5.97. The fraction of sp³-hybridized carbons (Fsp3) is 0.588. The van der Waals surface area contributed by atoms with Gasteiger partial charge in [0.25, 0.3) is 5.91 Å². The van der Waals surface area contributed by atoms with Crippen molar-refractivity contribution in [2.75, 3.05) is 12.8 Å². The number of hydrogen-bond acceptors (Lipinski definition) is 3. The maximum Gasteiger partial charge on any atom is 0.251 e. The minimum absolute atomic E-state index is 0.0560. The number of rotatable bonds is 5. The summed E-state index contributed by atoms with van der Waals surface area (Å²) in [5.74, 6) is 1.40. The molecule has 116 valence electrons. The molecule has 3 N–H and O–H groups in total. The second kappa shape index (κ2) is 7.34. The topological polar surface area (TPSA) is 64.4 Å². The van der Waals surface area contributed by atoms with E-state index in [0.29, 0.717) is 17.0 Å². The van der Waals surface area contributed by atoms with Gasteiger partial charge in [-0.15, -0.1) is 0 Å². The fourth-order valence-electron chi connectivity index (χ4n) is 3.14. The summed E-state index contributed by atoms with van der Waals surface area (Å²) >= 11 is 0. The van der Waals surface area contributed by atoms with Gasteiger partial charge in [0.2, 0.25) is 0 Å². The summed E-state index contributed by atoms with van der Waals surface area (Å²) < 4.78 is 5.16. The lowest BCUT2D eigenvalue weighted by molar-refractivity contribution is 0.0921. The Morgan fingerprint density at radius 2 is 2.00 bits per heavy atom. The standard InChI is InChI=1S/C17H26N2O2/c1-3-4-12-5-7-15(8-6-12)19-17(20)13-9-14(18)11-16(10-13)21-2/h9-12,15H,3-8,18H2,1-2H3,(H,19,20). The number of carbonyl (C=O) groups excluding carboxylic acids is 1. The minimum Gasteiger partial charge on any atom is -0.497 e. The number of methoxy groups -OCH3 is 1. The first kappa shape index (κ1) is 15.7. The Hall–Kier alpha value is -1.71. The molecule has 1 aliphatic rings. The third-order valence-electron chi connectivity index (χ3n) is 4.31. The summed E-state index contributed by atoms with van der Waals surface area (Å²) in [7, 11) is 1.57. The van der Waals surface area contributed by atoms with Crippen LogP contribution in [0.4, 0.5) is 5.69 Å². The number of nitrogen functional groups attached to an aromatic ring is 1. The SMILES string of the molecule is CCCC1CCC(NC(=O)c2cc(N)cc(OC)c2)CC1. The van der Waals surface area contributed by atoms with Gasteiger partial charge in [-0.1, -0.05) is 19.8 Å². The Morgan fingerprint density at radius 3 is 2.62 bits per heavy atom. The molecular formula is C17H26N2O2. The Balaban J connectivity index is 1.92. The highest BCUT2D eigenvalue weighted by Crippen LogP contribution is 2.28. The van der Waals surface area contributed by atoms with E-state index in [1.807, 2.05) is 0 Å². The van der Waals surface area contributed by atoms with Crippen molar-refractivity contribution in [1.82, 2.24) is 5.32 Å². The van der Waals surface area contributed by atoms with Gasteiger partial charge in [0.15, 0.2) is 0 Å². The molecule has 1 saturated carbocycles. The van der Waals surface area contributed by atoms with Gasteiger partial charge >= 0.3 is 0 Å². The van der Waals surface area contributed by atoms with E-state index >= 15 is 0 Å². The first-order valence-electron chi connectivity index (χ1n) is 7.87. The molecule has 0 unspecified atom stereocenters. The molecule has 1 amide bonds. The zero-order chi connectivity index (χ0) is 15.2. The predicted octanol–water partition coefficient (Wildman–Crippen LogP) is 3.37. The molecule has 1 aliphatic carbocycles. The van der Waals surface area contributed by atoms with Crippen molar-refractivity contribution < 1.29 is 9.53 Å². The van der Waals surface area contributed by atoms with Crippen molar-refractivity contribution in [3.63, 3.8) is 0 Å². The molecule has 0 saturated heterocycles. The Morgan fingerprint density at radius 1 is 1.29 bits per heavy atom. The zero-order valence-corrected chi connectivity index (χ0v) is 13.0. The molecule has 0 bridgehead atoms. The summed E-state index contributed by atoms with van der Waals surface area (Å²) in [5, 5.41) is 3.13. The van der Waals surface area contributed by atoms with Gasteiger partial charge in [-0.05, 0) is 43.7 Å². The largest absolute Gasteiger partial charge is 0.497 e. The molecule has 2 rings (SSSR count). The van der Waals surface area contributed by atoms with Gasteiger partial charge in [0.1, 0.15) is 5.75 Å². The lowest BCUT2D eigenvalue weighted by Gasteiger charge is -2.29. The van der Waals surface area contributed by atoms with Crippen LogP contribution in [0.15, 0.2) is 18.2 Å². The van der Waals surface area contributed by atoms with Crippen molar-refractivity contribution in [3.8, 4) is 5.75 Å². The van der Waals surface area contributed by atoms with E-state index in [4.69, 9.17) is 10.5 Å². The lowest BCUT2D eigenvalue weighted by atomic mass is 9.83. The first-order valence-corrected chi connectivity index (χ1v) is 7.87. The number of hydrogen-bond donors (Lipinski definition) is 2. The van der Waals surface area contributed by atoms with E-state index in [1.165, 1.54) is 25.7 Å². The van der Waals surface area contributed by atoms with E-state index in [-0.39, 0.29) is 11.9 Å². The zero-order valence-electron chi connectivity index (χ0n) is 13.0. The van der Waals surface area contributed by atoms with Crippen LogP contribution in [-0.4, -0.2) is 19.1 Å². The Kier molecular flexibility index (Phi) is 5.48. The van der Waals surface area contributed by atoms with Crippen molar-refractivity contribution in [2.45, 2.75) is 51.5 Å². The fourth-order valence-corrected chi connectivity index (χ4v) is 3.14. The molecule has 1 aromatic carbocycles. The average Bonchev–Trinajstić information content (AvgIpc) is 2.48. The van der Waals surface area contributed by atoms with Gasteiger partial charge in [0, 0.05) is 23.4 Å². The molecule has 0 radical (unpaired) electrons. The van der Waals surface area contributed by atoms with Crippen LogP contribution in [0.25, 0.3) is 0 Å². The van der Waals surface area contributed by atoms with E-state index < -0.39 is 0 Å². The molecule has 0 atom stereocenters. The van der Waals surface area contributed by atoms with Crippen molar-refractivity contribution >= 4 is 11.6 Å². The van der Waals surface area contributed by atoms with Crippen LogP contribution in [0.1, 0.15) is 55.8 Å². The van der Waals surface area contributed by atoms with Crippen LogP contribution in [0.5, 0.6) is 5.75 Å². The summed E-state index contributed by atoms with van der Waals surface area (Å²) in [6, 6.07) is 5.43. The third-order valence-corrected chi connectivity index (χ3v) is 4.31. The number of nitrogens with one attached hydrogen (secondary N) is 1. The van der Waals surface area contributed by atoms with Gasteiger partial charge < -0.3 is 15.8 Å². The predicted molar refractivity (Wildman–Crippen MR) is 85.5 cm³/mol. The van der Waals surface area contributed by atoms with Crippen molar-refractivity contribution in [3.05, 3.63) is 23.8 Å². The van der Waals surface area contributed by atoms with Crippen LogP contribution in [-0.2, 0) is 0 Å². The summed E-state index contributed by atoms with van der Waals surface area (Å²) in [5.41, 5.74) is 6.92. The maximum atomic E-state index is 12.3. The molecule has 0 aromatic heterocycles. The molecule has 0 spiro atoms. The van der Waals surface area contributed by atoms with E-state index in [9.17, 15) is 4.79 Å². The van der Waals surface area contributed by atoms with E-state index in [1.54, 1.807) is 25.3 Å². The molecular weight excluding hydrogens is 264 g/mol. The van der Waals surface area contributed by atoms with Crippen LogP contribution in [0.3, 0.4) is 0 Å². The van der Waals surface area contributed by atoms with Gasteiger partial charge in [0.05, 0.1) is 7.11 Å². The summed E-state index contributed by atoms with van der Waals surface area (Å²) in [4.78, 5) is 12.3. The van der Waals surface area contributed by atoms with E-state index in [0.717, 1.165) is 18.8 Å².